The van der Waals surface area contributed by atoms with Gasteiger partial charge in [-0.2, -0.15) is 0 Å². The van der Waals surface area contributed by atoms with Gasteiger partial charge in [0.1, 0.15) is 10.7 Å². The van der Waals surface area contributed by atoms with Gasteiger partial charge in [-0.05, 0) is 26.2 Å². The van der Waals surface area contributed by atoms with Crippen molar-refractivity contribution >= 4 is 17.2 Å². The maximum absolute atomic E-state index is 11.9. The molecule has 0 unspecified atom stereocenters. The molecule has 2 heterocycles. The topological polar surface area (TPSA) is 58.1 Å². The highest BCUT2D eigenvalue weighted by atomic mass is 32.1. The Morgan fingerprint density at radius 2 is 2.32 bits per heavy atom. The van der Waals surface area contributed by atoms with Crippen LogP contribution in [0, 0.1) is 0 Å². The average molecular weight is 276 g/mol. The maximum Gasteiger partial charge on any atom is 0.270 e. The predicted octanol–water partition coefficient (Wildman–Crippen LogP) is 1.50. The molecule has 0 atom stereocenters. The van der Waals surface area contributed by atoms with Crippen LogP contribution in [0.1, 0.15) is 10.5 Å². The van der Waals surface area contributed by atoms with Crippen LogP contribution in [-0.2, 0) is 0 Å². The van der Waals surface area contributed by atoms with Crippen molar-refractivity contribution in [2.24, 2.45) is 0 Å². The predicted molar refractivity (Wildman–Crippen MR) is 76.2 cm³/mol. The van der Waals surface area contributed by atoms with E-state index < -0.39 is 0 Å². The van der Waals surface area contributed by atoms with Gasteiger partial charge < -0.3 is 10.2 Å². The fraction of sp³-hybridized carbons (Fsp3) is 0.308. The SMILES string of the molecule is CN(C)CCNC(=O)c1csc(-c2cccnc2)n1. The number of nitrogens with zero attached hydrogens (tertiary/aromatic N) is 3. The molecule has 19 heavy (non-hydrogen) atoms. The van der Waals surface area contributed by atoms with E-state index in [1.54, 1.807) is 17.8 Å². The number of aromatic nitrogens is 2. The van der Waals surface area contributed by atoms with E-state index in [0.29, 0.717) is 12.2 Å². The Hall–Kier alpha value is -1.79. The summed E-state index contributed by atoms with van der Waals surface area (Å²) in [5.74, 6) is -0.131. The molecule has 0 aromatic carbocycles. The third-order valence-corrected chi connectivity index (χ3v) is 3.38. The highest BCUT2D eigenvalue weighted by Crippen LogP contribution is 2.22. The van der Waals surface area contributed by atoms with Crippen LogP contribution in [0.2, 0.25) is 0 Å². The van der Waals surface area contributed by atoms with E-state index in [1.165, 1.54) is 11.3 Å². The molecule has 2 aromatic rings. The van der Waals surface area contributed by atoms with Gasteiger partial charge >= 0.3 is 0 Å². The van der Waals surface area contributed by atoms with Gasteiger partial charge in [-0.25, -0.2) is 4.98 Å². The Morgan fingerprint density at radius 3 is 3.00 bits per heavy atom. The zero-order chi connectivity index (χ0) is 13.7. The van der Waals surface area contributed by atoms with Gasteiger partial charge in [-0.3, -0.25) is 9.78 Å². The van der Waals surface area contributed by atoms with Crippen LogP contribution in [0.25, 0.3) is 10.6 Å². The third-order valence-electron chi connectivity index (χ3n) is 2.49. The molecule has 1 N–H and O–H groups in total. The number of carbonyl (C=O) groups excluding carboxylic acids is 1. The number of carbonyl (C=O) groups is 1. The first kappa shape index (κ1) is 13.6. The number of pyridine rings is 1. The maximum atomic E-state index is 11.9. The van der Waals surface area contributed by atoms with Crippen molar-refractivity contribution in [1.29, 1.82) is 0 Å². The monoisotopic (exact) mass is 276 g/mol. The first-order valence-corrected chi connectivity index (χ1v) is 6.83. The smallest absolute Gasteiger partial charge is 0.270 e. The van der Waals surface area contributed by atoms with Gasteiger partial charge in [0.15, 0.2) is 0 Å². The summed E-state index contributed by atoms with van der Waals surface area (Å²) in [6.45, 7) is 1.43. The fourth-order valence-electron chi connectivity index (χ4n) is 1.48. The molecule has 6 heteroatoms. The number of amides is 1. The summed E-state index contributed by atoms with van der Waals surface area (Å²) >= 11 is 1.45. The summed E-state index contributed by atoms with van der Waals surface area (Å²) in [7, 11) is 3.94. The van der Waals surface area contributed by atoms with Crippen LogP contribution in [-0.4, -0.2) is 48.0 Å². The minimum absolute atomic E-state index is 0.131. The molecule has 2 aromatic heterocycles. The lowest BCUT2D eigenvalue weighted by molar-refractivity contribution is 0.0947. The molecule has 1 amide bonds. The van der Waals surface area contributed by atoms with Crippen molar-refractivity contribution in [2.75, 3.05) is 27.2 Å². The summed E-state index contributed by atoms with van der Waals surface area (Å²) in [6, 6.07) is 3.78. The lowest BCUT2D eigenvalue weighted by Crippen LogP contribution is -2.31. The number of hydrogen-bond acceptors (Lipinski definition) is 5. The molecule has 0 aliphatic heterocycles. The highest BCUT2D eigenvalue weighted by Gasteiger charge is 2.11. The standard InChI is InChI=1S/C13H16N4OS/c1-17(2)7-6-15-12(18)11-9-19-13(16-11)10-4-3-5-14-8-10/h3-5,8-9H,6-7H2,1-2H3,(H,15,18). The van der Waals surface area contributed by atoms with E-state index in [9.17, 15) is 4.79 Å². The number of thiazole rings is 1. The second-order valence-corrected chi connectivity index (χ2v) is 5.20. The van der Waals surface area contributed by atoms with Crippen molar-refractivity contribution in [1.82, 2.24) is 20.2 Å². The van der Waals surface area contributed by atoms with Crippen LogP contribution in [0.5, 0.6) is 0 Å². The Morgan fingerprint density at radius 1 is 1.47 bits per heavy atom. The molecule has 0 aliphatic carbocycles. The Kier molecular flexibility index (Phi) is 4.59. The van der Waals surface area contributed by atoms with Crippen LogP contribution < -0.4 is 5.32 Å². The summed E-state index contributed by atoms with van der Waals surface area (Å²) < 4.78 is 0. The highest BCUT2D eigenvalue weighted by molar-refractivity contribution is 7.13. The van der Waals surface area contributed by atoms with Gasteiger partial charge in [0, 0.05) is 36.4 Å². The second kappa shape index (κ2) is 6.40. The summed E-state index contributed by atoms with van der Waals surface area (Å²) in [5, 5.41) is 5.43. The van der Waals surface area contributed by atoms with Crippen LogP contribution in [0.15, 0.2) is 29.9 Å². The first-order valence-electron chi connectivity index (χ1n) is 5.95. The normalized spacial score (nSPS) is 10.7. The van der Waals surface area contributed by atoms with Gasteiger partial charge in [0.05, 0.1) is 0 Å². The van der Waals surface area contributed by atoms with Crippen molar-refractivity contribution in [3.8, 4) is 10.6 Å². The Balaban J connectivity index is 1.99. The van der Waals surface area contributed by atoms with Gasteiger partial charge in [-0.15, -0.1) is 11.3 Å². The number of likely N-dealkylation sites (N-methyl/N-ethyl adjacent to an activating group) is 1. The molecule has 5 nitrogen and oxygen atoms in total. The van der Waals surface area contributed by atoms with E-state index in [1.807, 2.05) is 31.1 Å². The van der Waals surface area contributed by atoms with Gasteiger partial charge in [0.25, 0.3) is 5.91 Å². The molecular formula is C13H16N4OS. The molecule has 0 fully saturated rings. The minimum atomic E-state index is -0.131. The average Bonchev–Trinajstić information content (AvgIpc) is 2.89. The first-order chi connectivity index (χ1) is 9.16. The molecule has 0 aliphatic rings. The molecule has 100 valence electrons. The lowest BCUT2D eigenvalue weighted by atomic mass is 10.3. The van der Waals surface area contributed by atoms with E-state index in [2.05, 4.69) is 15.3 Å². The van der Waals surface area contributed by atoms with E-state index in [0.717, 1.165) is 17.1 Å². The van der Waals surface area contributed by atoms with Crippen molar-refractivity contribution in [3.05, 3.63) is 35.6 Å². The van der Waals surface area contributed by atoms with E-state index in [4.69, 9.17) is 0 Å². The van der Waals surface area contributed by atoms with E-state index >= 15 is 0 Å². The zero-order valence-electron chi connectivity index (χ0n) is 11.0. The molecule has 0 spiro atoms. The molecule has 0 radical (unpaired) electrons. The Bertz CT molecular complexity index is 539. The summed E-state index contributed by atoms with van der Waals surface area (Å²) in [5.41, 5.74) is 1.39. The third kappa shape index (κ3) is 3.84. The van der Waals surface area contributed by atoms with Crippen LogP contribution in [0.4, 0.5) is 0 Å². The Labute approximate surface area is 116 Å². The van der Waals surface area contributed by atoms with Crippen molar-refractivity contribution < 1.29 is 4.79 Å². The number of rotatable bonds is 5. The lowest BCUT2D eigenvalue weighted by Gasteiger charge is -2.09. The van der Waals surface area contributed by atoms with Gasteiger partial charge in [-0.1, -0.05) is 0 Å². The molecule has 0 bridgehead atoms. The molecule has 0 saturated carbocycles. The number of nitrogens with one attached hydrogen (secondary N) is 1. The van der Waals surface area contributed by atoms with Crippen molar-refractivity contribution in [2.45, 2.75) is 0 Å². The summed E-state index contributed by atoms with van der Waals surface area (Å²) in [4.78, 5) is 22.3. The minimum Gasteiger partial charge on any atom is -0.349 e. The second-order valence-electron chi connectivity index (χ2n) is 4.34. The quantitative estimate of drug-likeness (QED) is 0.899. The number of hydrogen-bond donors (Lipinski definition) is 1. The largest absolute Gasteiger partial charge is 0.349 e. The van der Waals surface area contributed by atoms with Gasteiger partial charge in [0.2, 0.25) is 0 Å². The molecule has 2 rings (SSSR count). The fourth-order valence-corrected chi connectivity index (χ4v) is 2.27. The summed E-state index contributed by atoms with van der Waals surface area (Å²) in [6.07, 6.45) is 3.46. The molecule has 0 saturated heterocycles. The molecular weight excluding hydrogens is 260 g/mol. The van der Waals surface area contributed by atoms with Crippen molar-refractivity contribution in [3.63, 3.8) is 0 Å². The van der Waals surface area contributed by atoms with E-state index in [-0.39, 0.29) is 5.91 Å². The zero-order valence-corrected chi connectivity index (χ0v) is 11.8. The van der Waals surface area contributed by atoms with Crippen LogP contribution in [0.3, 0.4) is 0 Å². The van der Waals surface area contributed by atoms with Crippen LogP contribution >= 0.6 is 11.3 Å².